The Morgan fingerprint density at radius 3 is 2.58 bits per heavy atom. The van der Waals surface area contributed by atoms with Gasteiger partial charge in [0.25, 0.3) is 0 Å². The van der Waals surface area contributed by atoms with Crippen molar-refractivity contribution in [2.45, 2.75) is 31.5 Å². The summed E-state index contributed by atoms with van der Waals surface area (Å²) >= 11 is 0. The van der Waals surface area contributed by atoms with Crippen LogP contribution in [-0.4, -0.2) is 34.4 Å². The van der Waals surface area contributed by atoms with E-state index >= 15 is 0 Å². The molecule has 7 nitrogen and oxygen atoms in total. The smallest absolute Gasteiger partial charge is 0.192 e. The first kappa shape index (κ1) is 16.4. The molecule has 3 heterocycles. The number of fused-ring (bicyclic) bond motifs is 1. The van der Waals surface area contributed by atoms with Crippen LogP contribution in [0.3, 0.4) is 0 Å². The van der Waals surface area contributed by atoms with Gasteiger partial charge >= 0.3 is 0 Å². The molecule has 0 radical (unpaired) electrons. The summed E-state index contributed by atoms with van der Waals surface area (Å²) in [5, 5.41) is 8.62. The van der Waals surface area contributed by atoms with Crippen molar-refractivity contribution in [3.63, 3.8) is 0 Å². The molecule has 3 aromatic rings. The van der Waals surface area contributed by atoms with Crippen LogP contribution >= 0.6 is 0 Å². The van der Waals surface area contributed by atoms with E-state index in [1.165, 1.54) is 12.3 Å². The quantitative estimate of drug-likeness (QED) is 0.764. The summed E-state index contributed by atoms with van der Waals surface area (Å²) < 4.78 is 24.7. The van der Waals surface area contributed by atoms with Gasteiger partial charge in [0.05, 0.1) is 18.1 Å². The molecule has 0 aromatic carbocycles. The first-order chi connectivity index (χ1) is 11.3. The summed E-state index contributed by atoms with van der Waals surface area (Å²) in [4.78, 5) is 8.44. The van der Waals surface area contributed by atoms with Gasteiger partial charge in [-0.2, -0.15) is 5.10 Å². The lowest BCUT2D eigenvalue weighted by Gasteiger charge is -2.08. The zero-order valence-electron chi connectivity index (χ0n) is 13.8. The molecule has 1 N–H and O–H groups in total. The van der Waals surface area contributed by atoms with E-state index in [0.29, 0.717) is 6.54 Å². The normalized spacial score (nSPS) is 12.0. The van der Waals surface area contributed by atoms with Gasteiger partial charge < -0.3 is 5.32 Å². The molecular weight excluding hydrogens is 326 g/mol. The van der Waals surface area contributed by atoms with Crippen LogP contribution in [0.25, 0.3) is 11.0 Å². The van der Waals surface area contributed by atoms with E-state index in [-0.39, 0.29) is 11.1 Å². The summed E-state index contributed by atoms with van der Waals surface area (Å²) in [5.74, 6) is 0. The fourth-order valence-corrected chi connectivity index (χ4v) is 2.93. The largest absolute Gasteiger partial charge is 0.380 e. The first-order valence-corrected chi connectivity index (χ1v) is 9.46. The Morgan fingerprint density at radius 2 is 1.96 bits per heavy atom. The third kappa shape index (κ3) is 3.38. The highest BCUT2D eigenvalue weighted by atomic mass is 32.2. The van der Waals surface area contributed by atoms with Crippen molar-refractivity contribution in [3.05, 3.63) is 42.4 Å². The summed E-state index contributed by atoms with van der Waals surface area (Å²) in [6, 6.07) is 5.50. The second-order valence-corrected chi connectivity index (χ2v) is 7.91. The van der Waals surface area contributed by atoms with E-state index in [1.54, 1.807) is 6.07 Å². The van der Waals surface area contributed by atoms with E-state index in [2.05, 4.69) is 34.2 Å². The van der Waals surface area contributed by atoms with E-state index in [1.807, 2.05) is 23.1 Å². The molecular formula is C16H19N5O2S. The Labute approximate surface area is 140 Å². The maximum Gasteiger partial charge on any atom is 0.192 e. The summed E-state index contributed by atoms with van der Waals surface area (Å²) in [6.45, 7) is 4.70. The van der Waals surface area contributed by atoms with Gasteiger partial charge in [-0.3, -0.25) is 0 Å². The highest BCUT2D eigenvalue weighted by Gasteiger charge is 2.09. The van der Waals surface area contributed by atoms with Gasteiger partial charge in [-0.25, -0.2) is 23.1 Å². The van der Waals surface area contributed by atoms with E-state index < -0.39 is 9.84 Å². The molecule has 0 unspecified atom stereocenters. The number of nitrogens with zero attached hydrogens (tertiary/aromatic N) is 4. The van der Waals surface area contributed by atoms with E-state index in [0.717, 1.165) is 28.5 Å². The number of sulfone groups is 1. The van der Waals surface area contributed by atoms with Gasteiger partial charge in [0.2, 0.25) is 0 Å². The van der Waals surface area contributed by atoms with E-state index in [9.17, 15) is 8.42 Å². The fraction of sp³-hybridized carbons (Fsp3) is 0.312. The predicted octanol–water partition coefficient (Wildman–Crippen LogP) is 2.42. The first-order valence-electron chi connectivity index (χ1n) is 7.57. The van der Waals surface area contributed by atoms with Crippen LogP contribution in [0.5, 0.6) is 0 Å². The Bertz CT molecular complexity index is 962. The molecule has 8 heteroatoms. The van der Waals surface area contributed by atoms with Crippen LogP contribution in [-0.2, 0) is 16.4 Å². The zero-order chi connectivity index (χ0) is 17.3. The minimum absolute atomic E-state index is 0.0669. The van der Waals surface area contributed by atoms with Gasteiger partial charge in [-0.05, 0) is 37.6 Å². The number of hydrogen-bond donors (Lipinski definition) is 1. The van der Waals surface area contributed by atoms with Gasteiger partial charge in [-0.1, -0.05) is 0 Å². The lowest BCUT2D eigenvalue weighted by molar-refractivity contribution is 0.546. The van der Waals surface area contributed by atoms with Gasteiger partial charge in [0, 0.05) is 30.4 Å². The Hall–Kier alpha value is -2.48. The number of hydrogen-bond acceptors (Lipinski definition) is 6. The average Bonchev–Trinajstić information content (AvgIpc) is 2.96. The van der Waals surface area contributed by atoms with Gasteiger partial charge in [0.15, 0.2) is 20.5 Å². The number of aromatic nitrogens is 4. The molecule has 0 amide bonds. The second kappa shape index (κ2) is 6.20. The molecule has 3 rings (SSSR count). The van der Waals surface area contributed by atoms with Crippen molar-refractivity contribution in [1.82, 2.24) is 19.7 Å². The number of pyridine rings is 2. The maximum absolute atomic E-state index is 11.4. The second-order valence-electron chi connectivity index (χ2n) is 5.95. The van der Waals surface area contributed by atoms with Gasteiger partial charge in [-0.15, -0.1) is 0 Å². The summed E-state index contributed by atoms with van der Waals surface area (Å²) in [6.07, 6.45) is 6.28. The molecule has 0 fully saturated rings. The Morgan fingerprint density at radius 1 is 1.17 bits per heavy atom. The predicted molar refractivity (Wildman–Crippen MR) is 92.6 cm³/mol. The van der Waals surface area contributed by atoms with Crippen LogP contribution in [0.2, 0.25) is 0 Å². The molecule has 0 aliphatic carbocycles. The van der Waals surface area contributed by atoms with Crippen LogP contribution < -0.4 is 5.32 Å². The van der Waals surface area contributed by atoms with Crippen molar-refractivity contribution in [2.24, 2.45) is 0 Å². The molecule has 3 aromatic heterocycles. The Kier molecular flexibility index (Phi) is 4.23. The van der Waals surface area contributed by atoms with Crippen molar-refractivity contribution >= 4 is 26.6 Å². The summed E-state index contributed by atoms with van der Waals surface area (Å²) in [5.41, 5.74) is 2.63. The SMILES string of the molecule is CC(C)n1ncc2cc(CNc3ccc(S(C)(=O)=O)nc3)cnc21. The van der Waals surface area contributed by atoms with Crippen LogP contribution in [0.4, 0.5) is 5.69 Å². The summed E-state index contributed by atoms with van der Waals surface area (Å²) in [7, 11) is -3.27. The van der Waals surface area contributed by atoms with Crippen LogP contribution in [0.15, 0.2) is 41.8 Å². The number of anilines is 1. The molecule has 24 heavy (non-hydrogen) atoms. The molecule has 0 spiro atoms. The lowest BCUT2D eigenvalue weighted by atomic mass is 10.2. The Balaban J connectivity index is 1.74. The molecule has 0 saturated heterocycles. The molecule has 0 atom stereocenters. The topological polar surface area (TPSA) is 89.8 Å². The minimum atomic E-state index is -3.27. The number of nitrogens with one attached hydrogen (secondary N) is 1. The molecule has 0 saturated carbocycles. The van der Waals surface area contributed by atoms with Crippen molar-refractivity contribution in [3.8, 4) is 0 Å². The van der Waals surface area contributed by atoms with Crippen molar-refractivity contribution in [1.29, 1.82) is 0 Å². The average molecular weight is 345 g/mol. The molecule has 0 aliphatic rings. The van der Waals surface area contributed by atoms with Crippen LogP contribution in [0, 0.1) is 0 Å². The number of rotatable bonds is 5. The van der Waals surface area contributed by atoms with Crippen LogP contribution in [0.1, 0.15) is 25.5 Å². The molecule has 126 valence electrons. The zero-order valence-corrected chi connectivity index (χ0v) is 14.6. The minimum Gasteiger partial charge on any atom is -0.380 e. The highest BCUT2D eigenvalue weighted by Crippen LogP contribution is 2.17. The molecule has 0 aliphatic heterocycles. The fourth-order valence-electron chi connectivity index (χ4n) is 2.37. The van der Waals surface area contributed by atoms with Crippen molar-refractivity contribution in [2.75, 3.05) is 11.6 Å². The standard InChI is InChI=1S/C16H19N5O2S/c1-11(2)21-16-13(9-20-21)6-12(8-19-16)7-17-14-4-5-15(18-10-14)24(3,22)23/h4-6,8-11,17H,7H2,1-3H3. The monoisotopic (exact) mass is 345 g/mol. The van der Waals surface area contributed by atoms with Crippen molar-refractivity contribution < 1.29 is 8.42 Å². The maximum atomic E-state index is 11.4. The van der Waals surface area contributed by atoms with E-state index in [4.69, 9.17) is 0 Å². The lowest BCUT2D eigenvalue weighted by Crippen LogP contribution is -2.05. The third-order valence-electron chi connectivity index (χ3n) is 3.59. The highest BCUT2D eigenvalue weighted by molar-refractivity contribution is 7.90. The van der Waals surface area contributed by atoms with Gasteiger partial charge in [0.1, 0.15) is 0 Å². The molecule has 0 bridgehead atoms. The third-order valence-corrected chi connectivity index (χ3v) is 4.59.